The SMILES string of the molecule is CN=C/C(=C\NCCCN)c1ccc(OCCO/N=C(\C)c2csc(N)n2)cc1Cl. The van der Waals surface area contributed by atoms with Gasteiger partial charge in [0.1, 0.15) is 23.8 Å². The van der Waals surface area contributed by atoms with Gasteiger partial charge in [-0.05, 0) is 38.1 Å². The van der Waals surface area contributed by atoms with E-state index >= 15 is 0 Å². The highest BCUT2D eigenvalue weighted by atomic mass is 35.5. The van der Waals surface area contributed by atoms with Crippen molar-refractivity contribution in [2.45, 2.75) is 13.3 Å². The van der Waals surface area contributed by atoms with Crippen molar-refractivity contribution in [1.82, 2.24) is 10.3 Å². The van der Waals surface area contributed by atoms with E-state index in [9.17, 15) is 0 Å². The van der Waals surface area contributed by atoms with Crippen molar-refractivity contribution in [1.29, 1.82) is 0 Å². The number of anilines is 1. The van der Waals surface area contributed by atoms with E-state index in [1.807, 2.05) is 30.6 Å². The van der Waals surface area contributed by atoms with Crippen molar-refractivity contribution in [3.05, 3.63) is 46.1 Å². The first-order valence-corrected chi connectivity index (χ1v) is 10.7. The van der Waals surface area contributed by atoms with Crippen molar-refractivity contribution in [3.63, 3.8) is 0 Å². The monoisotopic (exact) mass is 450 g/mol. The van der Waals surface area contributed by atoms with Crippen LogP contribution in [-0.4, -0.2) is 50.3 Å². The zero-order valence-corrected chi connectivity index (χ0v) is 18.7. The number of oxime groups is 1. The number of rotatable bonds is 12. The number of allylic oxidation sites excluding steroid dienone is 1. The molecule has 0 spiro atoms. The fourth-order valence-electron chi connectivity index (χ4n) is 2.37. The molecule has 162 valence electrons. The van der Waals surface area contributed by atoms with Gasteiger partial charge in [-0.1, -0.05) is 16.8 Å². The minimum absolute atomic E-state index is 0.287. The number of hydrogen-bond donors (Lipinski definition) is 3. The molecule has 2 aromatic rings. The summed E-state index contributed by atoms with van der Waals surface area (Å²) in [5.74, 6) is 0.643. The molecule has 1 heterocycles. The van der Waals surface area contributed by atoms with Crippen molar-refractivity contribution >= 4 is 45.6 Å². The molecule has 0 saturated heterocycles. The van der Waals surface area contributed by atoms with Crippen LogP contribution in [0.3, 0.4) is 0 Å². The van der Waals surface area contributed by atoms with Crippen LogP contribution in [0.2, 0.25) is 5.02 Å². The number of aromatic nitrogens is 1. The Labute approximate surface area is 185 Å². The average molecular weight is 451 g/mol. The predicted octanol–water partition coefficient (Wildman–Crippen LogP) is 3.18. The second kappa shape index (κ2) is 12.8. The van der Waals surface area contributed by atoms with Crippen molar-refractivity contribution in [3.8, 4) is 5.75 Å². The summed E-state index contributed by atoms with van der Waals surface area (Å²) < 4.78 is 5.69. The molecule has 0 aliphatic rings. The van der Waals surface area contributed by atoms with Crippen LogP contribution in [0.4, 0.5) is 5.13 Å². The number of nitrogens with zero attached hydrogens (tertiary/aromatic N) is 3. The first-order valence-electron chi connectivity index (χ1n) is 9.41. The molecule has 0 aliphatic carbocycles. The van der Waals surface area contributed by atoms with Crippen LogP contribution >= 0.6 is 22.9 Å². The molecule has 0 bridgehead atoms. The Bertz CT molecular complexity index is 897. The van der Waals surface area contributed by atoms with Crippen molar-refractivity contribution in [2.24, 2.45) is 15.9 Å². The molecule has 0 aliphatic heterocycles. The van der Waals surface area contributed by atoms with Gasteiger partial charge in [-0.25, -0.2) is 4.98 Å². The highest BCUT2D eigenvalue weighted by molar-refractivity contribution is 7.13. The quantitative estimate of drug-likeness (QED) is 0.259. The third-order valence-corrected chi connectivity index (χ3v) is 4.83. The van der Waals surface area contributed by atoms with Crippen LogP contribution in [0.15, 0.2) is 39.9 Å². The Morgan fingerprint density at radius 3 is 2.87 bits per heavy atom. The summed E-state index contributed by atoms with van der Waals surface area (Å²) in [5.41, 5.74) is 14.2. The number of nitrogens with two attached hydrogens (primary N) is 2. The number of benzene rings is 1. The molecule has 2 rings (SSSR count). The van der Waals surface area contributed by atoms with E-state index in [1.165, 1.54) is 11.3 Å². The summed E-state index contributed by atoms with van der Waals surface area (Å²) in [5, 5.41) is 10.1. The molecule has 0 unspecified atom stereocenters. The number of nitrogen functional groups attached to an aromatic ring is 1. The lowest BCUT2D eigenvalue weighted by molar-refractivity contribution is 0.107. The van der Waals surface area contributed by atoms with Crippen LogP contribution in [0.25, 0.3) is 5.57 Å². The van der Waals surface area contributed by atoms with E-state index in [-0.39, 0.29) is 6.61 Å². The lowest BCUT2D eigenvalue weighted by Crippen LogP contribution is -2.13. The molecule has 10 heteroatoms. The summed E-state index contributed by atoms with van der Waals surface area (Å²) in [6.07, 6.45) is 4.52. The Morgan fingerprint density at radius 2 is 2.20 bits per heavy atom. The minimum Gasteiger partial charge on any atom is -0.490 e. The van der Waals surface area contributed by atoms with Crippen molar-refractivity contribution < 1.29 is 9.57 Å². The van der Waals surface area contributed by atoms with Gasteiger partial charge in [0.15, 0.2) is 11.7 Å². The van der Waals surface area contributed by atoms with E-state index in [4.69, 9.17) is 32.6 Å². The van der Waals surface area contributed by atoms with Gasteiger partial charge in [-0.2, -0.15) is 0 Å². The minimum atomic E-state index is 0.287. The number of halogens is 1. The molecule has 8 nitrogen and oxygen atoms in total. The molecular weight excluding hydrogens is 424 g/mol. The largest absolute Gasteiger partial charge is 0.490 e. The maximum Gasteiger partial charge on any atom is 0.180 e. The summed E-state index contributed by atoms with van der Waals surface area (Å²) in [6.45, 7) is 3.84. The average Bonchev–Trinajstić information content (AvgIpc) is 3.17. The molecule has 0 atom stereocenters. The summed E-state index contributed by atoms with van der Waals surface area (Å²) in [7, 11) is 1.71. The van der Waals surface area contributed by atoms with E-state index in [1.54, 1.807) is 19.3 Å². The molecule has 5 N–H and O–H groups in total. The van der Waals surface area contributed by atoms with E-state index in [0.29, 0.717) is 40.5 Å². The third-order valence-electron chi connectivity index (χ3n) is 3.84. The third kappa shape index (κ3) is 7.66. The highest BCUT2D eigenvalue weighted by Crippen LogP contribution is 2.27. The smallest absolute Gasteiger partial charge is 0.180 e. The van der Waals surface area contributed by atoms with Crippen LogP contribution in [-0.2, 0) is 4.84 Å². The van der Waals surface area contributed by atoms with Crippen molar-refractivity contribution in [2.75, 3.05) is 39.1 Å². The van der Waals surface area contributed by atoms with E-state index < -0.39 is 0 Å². The predicted molar refractivity (Wildman–Crippen MR) is 126 cm³/mol. The zero-order chi connectivity index (χ0) is 21.8. The molecule has 0 fully saturated rings. The van der Waals surface area contributed by atoms with Gasteiger partial charge in [0.25, 0.3) is 0 Å². The van der Waals surface area contributed by atoms with Crippen LogP contribution < -0.4 is 21.5 Å². The van der Waals surface area contributed by atoms with Crippen LogP contribution in [0.1, 0.15) is 24.6 Å². The molecule has 30 heavy (non-hydrogen) atoms. The highest BCUT2D eigenvalue weighted by Gasteiger charge is 2.07. The number of hydrogen-bond acceptors (Lipinski definition) is 9. The molecular formula is C20H27ClN6O2S. The fraction of sp³-hybridized carbons (Fsp3) is 0.350. The van der Waals surface area contributed by atoms with Gasteiger partial charge >= 0.3 is 0 Å². The summed E-state index contributed by atoms with van der Waals surface area (Å²) in [4.78, 5) is 13.5. The lowest BCUT2D eigenvalue weighted by Gasteiger charge is -2.10. The molecule has 1 aromatic heterocycles. The Morgan fingerprint density at radius 1 is 1.37 bits per heavy atom. The van der Waals surface area contributed by atoms with E-state index in [0.717, 1.165) is 24.1 Å². The first kappa shape index (κ1) is 23.7. The second-order valence-electron chi connectivity index (χ2n) is 6.15. The zero-order valence-electron chi connectivity index (χ0n) is 17.1. The normalized spacial score (nSPS) is 12.4. The van der Waals surface area contributed by atoms with Gasteiger partial charge in [-0.15, -0.1) is 11.3 Å². The van der Waals surface area contributed by atoms with Crippen LogP contribution in [0, 0.1) is 0 Å². The molecule has 0 radical (unpaired) electrons. The lowest BCUT2D eigenvalue weighted by atomic mass is 10.1. The molecule has 1 aromatic carbocycles. The molecule has 0 saturated carbocycles. The number of ether oxygens (including phenoxy) is 1. The maximum atomic E-state index is 6.45. The molecule has 0 amide bonds. The van der Waals surface area contributed by atoms with Gasteiger partial charge < -0.3 is 26.4 Å². The topological polar surface area (TPSA) is 120 Å². The Hall–Kier alpha value is -2.62. The standard InChI is InChI=1S/C20H27ClN6O2S/c1-14(19-13-30-20(23)26-19)27-29-9-8-28-16-4-5-17(18(21)10-16)15(11-24-2)12-25-7-3-6-22/h4-5,10-13,25H,3,6-9,22H2,1-2H3,(H2,23,26)/b15-12+,24-11?,27-14+. The number of aliphatic imine (C=N–C) groups is 1. The number of thiazole rings is 1. The Balaban J connectivity index is 1.88. The van der Waals surface area contributed by atoms with Gasteiger partial charge in [-0.3, -0.25) is 4.99 Å². The van der Waals surface area contributed by atoms with Gasteiger partial charge in [0.05, 0.1) is 5.02 Å². The van der Waals surface area contributed by atoms with E-state index in [2.05, 4.69) is 20.4 Å². The second-order valence-corrected chi connectivity index (χ2v) is 7.45. The van der Waals surface area contributed by atoms with Gasteiger partial charge in [0.2, 0.25) is 0 Å². The Kier molecular flexibility index (Phi) is 10.1. The summed E-state index contributed by atoms with van der Waals surface area (Å²) >= 11 is 7.81. The fourth-order valence-corrected chi connectivity index (χ4v) is 3.26. The maximum absolute atomic E-state index is 6.45. The van der Waals surface area contributed by atoms with Gasteiger partial charge in [0, 0.05) is 42.5 Å². The first-order chi connectivity index (χ1) is 14.5. The van der Waals surface area contributed by atoms with Crippen LogP contribution in [0.5, 0.6) is 5.75 Å². The summed E-state index contributed by atoms with van der Waals surface area (Å²) in [6, 6.07) is 5.51. The number of nitrogens with one attached hydrogen (secondary N) is 1.